The van der Waals surface area contributed by atoms with Crippen LogP contribution in [0.5, 0.6) is 0 Å². The van der Waals surface area contributed by atoms with Gasteiger partial charge < -0.3 is 10.2 Å². The number of benzene rings is 1. The summed E-state index contributed by atoms with van der Waals surface area (Å²) >= 11 is 4.48. The highest BCUT2D eigenvalue weighted by molar-refractivity contribution is 9.10. The standard InChI is InChI=1S/C14H15BrFN5OS/c15-9-4-5-11(10(16)8-9)17-12(22)18-13-19-20-14(23-13)21-6-2-1-3-7-21/h4-5,8H,1-3,6-7H2,(H2,17,18,19,22). The van der Waals surface area contributed by atoms with Gasteiger partial charge in [0.15, 0.2) is 0 Å². The number of anilines is 3. The fraction of sp³-hybridized carbons (Fsp3) is 0.357. The summed E-state index contributed by atoms with van der Waals surface area (Å²) in [6.45, 7) is 1.93. The summed E-state index contributed by atoms with van der Waals surface area (Å²) in [6, 6.07) is 3.87. The normalized spacial score (nSPS) is 14.6. The van der Waals surface area contributed by atoms with Gasteiger partial charge in [-0.25, -0.2) is 9.18 Å². The largest absolute Gasteiger partial charge is 0.347 e. The Morgan fingerprint density at radius 2 is 2.00 bits per heavy atom. The van der Waals surface area contributed by atoms with E-state index in [0.29, 0.717) is 9.60 Å². The molecular formula is C14H15BrFN5OS. The van der Waals surface area contributed by atoms with E-state index in [4.69, 9.17) is 0 Å². The zero-order valence-electron chi connectivity index (χ0n) is 12.2. The third-order valence-electron chi connectivity index (χ3n) is 3.44. The van der Waals surface area contributed by atoms with Crippen molar-refractivity contribution in [2.24, 2.45) is 0 Å². The van der Waals surface area contributed by atoms with Crippen molar-refractivity contribution < 1.29 is 9.18 Å². The van der Waals surface area contributed by atoms with Crippen molar-refractivity contribution in [1.29, 1.82) is 0 Å². The van der Waals surface area contributed by atoms with E-state index in [1.807, 2.05) is 0 Å². The lowest BCUT2D eigenvalue weighted by Crippen LogP contribution is -2.29. The highest BCUT2D eigenvalue weighted by Crippen LogP contribution is 2.27. The molecule has 3 rings (SSSR count). The fourth-order valence-corrected chi connectivity index (χ4v) is 3.45. The van der Waals surface area contributed by atoms with Gasteiger partial charge in [0.25, 0.3) is 0 Å². The lowest BCUT2D eigenvalue weighted by atomic mass is 10.1. The number of nitrogens with one attached hydrogen (secondary N) is 2. The molecule has 23 heavy (non-hydrogen) atoms. The number of urea groups is 1. The molecular weight excluding hydrogens is 385 g/mol. The van der Waals surface area contributed by atoms with Crippen LogP contribution < -0.4 is 15.5 Å². The van der Waals surface area contributed by atoms with E-state index < -0.39 is 11.8 Å². The highest BCUT2D eigenvalue weighted by atomic mass is 79.9. The molecule has 0 spiro atoms. The van der Waals surface area contributed by atoms with Crippen LogP contribution in [-0.4, -0.2) is 29.3 Å². The predicted octanol–water partition coefficient (Wildman–Crippen LogP) is 4.07. The van der Waals surface area contributed by atoms with Crippen LogP contribution in [0.1, 0.15) is 19.3 Å². The minimum absolute atomic E-state index is 0.103. The van der Waals surface area contributed by atoms with Gasteiger partial charge in [-0.05, 0) is 37.5 Å². The number of halogens is 2. The Labute approximate surface area is 145 Å². The number of rotatable bonds is 3. The minimum Gasteiger partial charge on any atom is -0.347 e. The lowest BCUT2D eigenvalue weighted by Gasteiger charge is -2.25. The van der Waals surface area contributed by atoms with Crippen LogP contribution in [0.15, 0.2) is 22.7 Å². The van der Waals surface area contributed by atoms with E-state index in [1.54, 1.807) is 6.07 Å². The molecule has 0 saturated carbocycles. The van der Waals surface area contributed by atoms with Crippen molar-refractivity contribution in [2.45, 2.75) is 19.3 Å². The molecule has 0 radical (unpaired) electrons. The van der Waals surface area contributed by atoms with Gasteiger partial charge in [0.05, 0.1) is 5.69 Å². The number of aromatic nitrogens is 2. The van der Waals surface area contributed by atoms with E-state index in [1.165, 1.54) is 29.9 Å². The van der Waals surface area contributed by atoms with Crippen molar-refractivity contribution in [1.82, 2.24) is 10.2 Å². The molecule has 2 aromatic rings. The van der Waals surface area contributed by atoms with Crippen molar-refractivity contribution in [3.05, 3.63) is 28.5 Å². The van der Waals surface area contributed by atoms with Gasteiger partial charge in [-0.2, -0.15) is 0 Å². The summed E-state index contributed by atoms with van der Waals surface area (Å²) in [4.78, 5) is 14.1. The molecule has 6 nitrogen and oxygen atoms in total. The molecule has 0 bridgehead atoms. The highest BCUT2D eigenvalue weighted by Gasteiger charge is 2.16. The van der Waals surface area contributed by atoms with Crippen LogP contribution in [0, 0.1) is 5.82 Å². The van der Waals surface area contributed by atoms with E-state index >= 15 is 0 Å². The molecule has 122 valence electrons. The topological polar surface area (TPSA) is 70.2 Å². The van der Waals surface area contributed by atoms with Gasteiger partial charge in [-0.3, -0.25) is 5.32 Å². The fourth-order valence-electron chi connectivity index (χ4n) is 2.32. The zero-order chi connectivity index (χ0) is 16.2. The molecule has 1 fully saturated rings. The minimum atomic E-state index is -0.549. The Bertz CT molecular complexity index is 704. The van der Waals surface area contributed by atoms with Crippen LogP contribution in [0.4, 0.5) is 25.1 Å². The number of carbonyl (C=O) groups is 1. The maximum Gasteiger partial charge on any atom is 0.325 e. The number of nitrogens with zero attached hydrogens (tertiary/aromatic N) is 3. The molecule has 0 atom stereocenters. The first-order valence-electron chi connectivity index (χ1n) is 7.23. The smallest absolute Gasteiger partial charge is 0.325 e. The summed E-state index contributed by atoms with van der Waals surface area (Å²) in [5, 5.41) is 14.3. The maximum atomic E-state index is 13.7. The van der Waals surface area contributed by atoms with E-state index in [-0.39, 0.29) is 5.69 Å². The summed E-state index contributed by atoms with van der Waals surface area (Å²) in [7, 11) is 0. The Morgan fingerprint density at radius 1 is 1.22 bits per heavy atom. The molecule has 2 heterocycles. The molecule has 1 aliphatic rings. The van der Waals surface area contributed by atoms with Crippen LogP contribution in [-0.2, 0) is 0 Å². The molecule has 1 aromatic carbocycles. The predicted molar refractivity (Wildman–Crippen MR) is 92.7 cm³/mol. The summed E-state index contributed by atoms with van der Waals surface area (Å²) < 4.78 is 14.3. The number of piperidine rings is 1. The van der Waals surface area contributed by atoms with Gasteiger partial charge in [0.1, 0.15) is 5.82 Å². The quantitative estimate of drug-likeness (QED) is 0.815. The first-order chi connectivity index (χ1) is 11.1. The number of amides is 2. The van der Waals surface area contributed by atoms with Crippen LogP contribution in [0.2, 0.25) is 0 Å². The van der Waals surface area contributed by atoms with Crippen LogP contribution >= 0.6 is 27.3 Å². The Hall–Kier alpha value is -1.74. The third-order valence-corrected chi connectivity index (χ3v) is 4.83. The molecule has 0 aliphatic carbocycles. The molecule has 1 saturated heterocycles. The number of hydrogen-bond donors (Lipinski definition) is 2. The number of hydrogen-bond acceptors (Lipinski definition) is 5. The van der Waals surface area contributed by atoms with Crippen molar-refractivity contribution in [3.63, 3.8) is 0 Å². The summed E-state index contributed by atoms with van der Waals surface area (Å²) in [6.07, 6.45) is 3.53. The molecule has 9 heteroatoms. The second-order valence-electron chi connectivity index (χ2n) is 5.14. The lowest BCUT2D eigenvalue weighted by molar-refractivity contribution is 0.262. The molecule has 1 aliphatic heterocycles. The number of carbonyl (C=O) groups excluding carboxylic acids is 1. The third kappa shape index (κ3) is 4.17. The Morgan fingerprint density at radius 3 is 2.74 bits per heavy atom. The zero-order valence-corrected chi connectivity index (χ0v) is 14.6. The summed E-state index contributed by atoms with van der Waals surface area (Å²) in [5.41, 5.74) is 0.103. The van der Waals surface area contributed by atoms with Gasteiger partial charge >= 0.3 is 6.03 Å². The van der Waals surface area contributed by atoms with Crippen molar-refractivity contribution in [2.75, 3.05) is 28.6 Å². The Balaban J connectivity index is 1.60. The van der Waals surface area contributed by atoms with Gasteiger partial charge in [-0.1, -0.05) is 27.3 Å². The molecule has 1 aromatic heterocycles. The van der Waals surface area contributed by atoms with Gasteiger partial charge in [0, 0.05) is 17.6 Å². The van der Waals surface area contributed by atoms with Crippen LogP contribution in [0.25, 0.3) is 0 Å². The Kier molecular flexibility index (Phi) is 5.06. The first kappa shape index (κ1) is 16.1. The molecule has 0 unspecified atom stereocenters. The van der Waals surface area contributed by atoms with E-state index in [0.717, 1.165) is 31.1 Å². The molecule has 2 amide bonds. The summed E-state index contributed by atoms with van der Waals surface area (Å²) in [5.74, 6) is -0.513. The van der Waals surface area contributed by atoms with E-state index in [9.17, 15) is 9.18 Å². The van der Waals surface area contributed by atoms with Gasteiger partial charge in [0.2, 0.25) is 10.3 Å². The maximum absolute atomic E-state index is 13.7. The molecule has 2 N–H and O–H groups in total. The average Bonchev–Trinajstić information content (AvgIpc) is 2.99. The van der Waals surface area contributed by atoms with Crippen molar-refractivity contribution >= 4 is 49.2 Å². The SMILES string of the molecule is O=C(Nc1nnc(N2CCCCC2)s1)Nc1ccc(Br)cc1F. The van der Waals surface area contributed by atoms with E-state index in [2.05, 4.69) is 41.7 Å². The van der Waals surface area contributed by atoms with Gasteiger partial charge in [-0.15, -0.1) is 10.2 Å². The first-order valence-corrected chi connectivity index (χ1v) is 8.84. The second kappa shape index (κ2) is 7.22. The van der Waals surface area contributed by atoms with Crippen molar-refractivity contribution in [3.8, 4) is 0 Å². The average molecular weight is 400 g/mol. The monoisotopic (exact) mass is 399 g/mol. The van der Waals surface area contributed by atoms with Crippen LogP contribution in [0.3, 0.4) is 0 Å². The second-order valence-corrected chi connectivity index (χ2v) is 7.01.